The third-order valence-corrected chi connectivity index (χ3v) is 4.08. The van der Waals surface area contributed by atoms with Gasteiger partial charge in [0.2, 0.25) is 5.88 Å². The van der Waals surface area contributed by atoms with E-state index in [9.17, 15) is 4.39 Å². The van der Waals surface area contributed by atoms with Crippen LogP contribution in [0.15, 0.2) is 65.7 Å². The van der Waals surface area contributed by atoms with Crippen LogP contribution < -0.4 is 10.5 Å². The van der Waals surface area contributed by atoms with Crippen LogP contribution in [0.3, 0.4) is 0 Å². The second-order valence-corrected chi connectivity index (χ2v) is 6.06. The van der Waals surface area contributed by atoms with Crippen molar-refractivity contribution in [1.82, 2.24) is 20.1 Å². The summed E-state index contributed by atoms with van der Waals surface area (Å²) in [5.74, 6) is 0.950. The number of nitrogens with two attached hydrogens (primary N) is 1. The molecular weight excluding hydrogens is 361 g/mol. The van der Waals surface area contributed by atoms with Crippen LogP contribution in [0.2, 0.25) is 0 Å². The molecular formula is C20H16FN5O2. The van der Waals surface area contributed by atoms with E-state index in [4.69, 9.17) is 15.0 Å². The molecule has 4 aromatic rings. The second-order valence-electron chi connectivity index (χ2n) is 6.06. The van der Waals surface area contributed by atoms with Crippen molar-refractivity contribution >= 4 is 5.82 Å². The average molecular weight is 377 g/mol. The van der Waals surface area contributed by atoms with Crippen molar-refractivity contribution in [3.63, 3.8) is 0 Å². The summed E-state index contributed by atoms with van der Waals surface area (Å²) in [4.78, 5) is 12.0. The molecule has 0 fully saturated rings. The van der Waals surface area contributed by atoms with Gasteiger partial charge in [0.25, 0.3) is 0 Å². The Morgan fingerprint density at radius 2 is 2.00 bits per heavy atom. The lowest BCUT2D eigenvalue weighted by atomic mass is 10.1. The quantitative estimate of drug-likeness (QED) is 0.549. The van der Waals surface area contributed by atoms with E-state index < -0.39 is 5.82 Å². The Bertz CT molecular complexity index is 1080. The first kappa shape index (κ1) is 17.6. The molecule has 0 amide bonds. The highest BCUT2D eigenvalue weighted by atomic mass is 19.1. The minimum absolute atomic E-state index is 0.0832. The van der Waals surface area contributed by atoms with Gasteiger partial charge in [-0.15, -0.1) is 0 Å². The number of pyridine rings is 3. The molecule has 0 radical (unpaired) electrons. The normalized spacial score (nSPS) is 10.8. The largest absolute Gasteiger partial charge is 0.473 e. The summed E-state index contributed by atoms with van der Waals surface area (Å²) < 4.78 is 24.4. The molecule has 4 heterocycles. The summed E-state index contributed by atoms with van der Waals surface area (Å²) in [6.07, 6.45) is 6.51. The number of hydrogen-bond donors (Lipinski definition) is 1. The van der Waals surface area contributed by atoms with Crippen LogP contribution in [-0.2, 0) is 13.0 Å². The second kappa shape index (κ2) is 7.83. The van der Waals surface area contributed by atoms with Gasteiger partial charge >= 0.3 is 0 Å². The van der Waals surface area contributed by atoms with E-state index in [2.05, 4.69) is 20.1 Å². The van der Waals surface area contributed by atoms with Gasteiger partial charge in [0, 0.05) is 42.7 Å². The van der Waals surface area contributed by atoms with Crippen LogP contribution in [0.4, 0.5) is 10.2 Å². The number of anilines is 1. The molecule has 0 saturated heterocycles. The Morgan fingerprint density at radius 1 is 1.07 bits per heavy atom. The van der Waals surface area contributed by atoms with Crippen LogP contribution in [0.25, 0.3) is 11.3 Å². The fraction of sp³-hybridized carbons (Fsp3) is 0.100. The smallest absolute Gasteiger partial charge is 0.213 e. The molecule has 0 aromatic carbocycles. The molecule has 7 nitrogen and oxygen atoms in total. The van der Waals surface area contributed by atoms with Crippen molar-refractivity contribution in [1.29, 1.82) is 0 Å². The number of ether oxygens (including phenoxy) is 1. The predicted octanol–water partition coefficient (Wildman–Crippen LogP) is 3.42. The minimum Gasteiger partial charge on any atom is -0.473 e. The summed E-state index contributed by atoms with van der Waals surface area (Å²) in [5, 5.41) is 4.07. The maximum atomic E-state index is 13.6. The van der Waals surface area contributed by atoms with Crippen molar-refractivity contribution in [3.8, 4) is 17.2 Å². The van der Waals surface area contributed by atoms with Gasteiger partial charge in [0.15, 0.2) is 5.76 Å². The van der Waals surface area contributed by atoms with Crippen molar-refractivity contribution in [3.05, 3.63) is 83.8 Å². The van der Waals surface area contributed by atoms with E-state index in [0.717, 1.165) is 17.5 Å². The Labute approximate surface area is 160 Å². The zero-order valence-electron chi connectivity index (χ0n) is 14.7. The van der Waals surface area contributed by atoms with Crippen LogP contribution >= 0.6 is 0 Å². The Kier molecular flexibility index (Phi) is 4.92. The molecule has 0 atom stereocenters. The number of nitrogens with zero attached hydrogens (tertiary/aromatic N) is 4. The molecule has 4 rings (SSSR count). The molecule has 2 N–H and O–H groups in total. The molecule has 0 saturated carbocycles. The van der Waals surface area contributed by atoms with Crippen molar-refractivity contribution < 1.29 is 13.7 Å². The van der Waals surface area contributed by atoms with Crippen LogP contribution in [0.1, 0.15) is 16.8 Å². The molecule has 4 aromatic heterocycles. The van der Waals surface area contributed by atoms with Gasteiger partial charge in [0.05, 0.1) is 17.5 Å². The maximum Gasteiger partial charge on any atom is 0.213 e. The first-order valence-electron chi connectivity index (χ1n) is 8.51. The van der Waals surface area contributed by atoms with Crippen LogP contribution in [0.5, 0.6) is 5.88 Å². The first-order chi connectivity index (χ1) is 13.7. The Hall–Kier alpha value is -3.81. The third kappa shape index (κ3) is 3.96. The molecule has 140 valence electrons. The fourth-order valence-corrected chi connectivity index (χ4v) is 2.63. The van der Waals surface area contributed by atoms with Gasteiger partial charge in [0.1, 0.15) is 18.2 Å². The number of halogens is 1. The molecule has 8 heteroatoms. The highest BCUT2D eigenvalue weighted by Gasteiger charge is 2.11. The monoisotopic (exact) mass is 377 g/mol. The zero-order chi connectivity index (χ0) is 19.3. The van der Waals surface area contributed by atoms with Gasteiger partial charge in [-0.2, -0.15) is 0 Å². The lowest BCUT2D eigenvalue weighted by Crippen LogP contribution is -2.00. The predicted molar refractivity (Wildman–Crippen MR) is 99.7 cm³/mol. The minimum atomic E-state index is -0.407. The molecule has 0 unspecified atom stereocenters. The van der Waals surface area contributed by atoms with Crippen LogP contribution in [0, 0.1) is 5.82 Å². The van der Waals surface area contributed by atoms with Gasteiger partial charge in [-0.25, -0.2) is 14.4 Å². The van der Waals surface area contributed by atoms with Crippen molar-refractivity contribution in [2.75, 3.05) is 5.73 Å². The topological polar surface area (TPSA) is 100.0 Å². The summed E-state index contributed by atoms with van der Waals surface area (Å²) in [6.45, 7) is 0.0832. The van der Waals surface area contributed by atoms with Gasteiger partial charge < -0.3 is 15.0 Å². The third-order valence-electron chi connectivity index (χ3n) is 4.08. The number of rotatable bonds is 6. The van der Waals surface area contributed by atoms with Gasteiger partial charge in [-0.3, -0.25) is 4.98 Å². The van der Waals surface area contributed by atoms with Gasteiger partial charge in [-0.05, 0) is 23.8 Å². The lowest BCUT2D eigenvalue weighted by molar-refractivity contribution is 0.287. The van der Waals surface area contributed by atoms with Crippen molar-refractivity contribution in [2.24, 2.45) is 0 Å². The van der Waals surface area contributed by atoms with E-state index in [0.29, 0.717) is 35.0 Å². The summed E-state index contributed by atoms with van der Waals surface area (Å²) in [7, 11) is 0. The van der Waals surface area contributed by atoms with Gasteiger partial charge in [-0.1, -0.05) is 11.2 Å². The molecule has 0 aliphatic rings. The highest BCUT2D eigenvalue weighted by Crippen LogP contribution is 2.25. The molecule has 0 aliphatic carbocycles. The number of nitrogen functional groups attached to an aromatic ring is 1. The van der Waals surface area contributed by atoms with E-state index in [1.54, 1.807) is 30.6 Å². The van der Waals surface area contributed by atoms with E-state index in [1.807, 2.05) is 18.2 Å². The first-order valence-corrected chi connectivity index (χ1v) is 8.51. The summed E-state index contributed by atoms with van der Waals surface area (Å²) in [5.41, 5.74) is 8.66. The Morgan fingerprint density at radius 3 is 2.79 bits per heavy atom. The Balaban J connectivity index is 1.40. The van der Waals surface area contributed by atoms with E-state index in [-0.39, 0.29) is 6.61 Å². The molecule has 28 heavy (non-hydrogen) atoms. The standard InChI is InChI=1S/C20H16FN5O2/c21-17-11-23-7-5-14(17)12-27-19-4-3-13(10-25-19)8-15-9-18(28-26-15)16-2-1-6-24-20(16)22/h1-7,9-11H,8,12H2,(H2,22,24). The van der Waals surface area contributed by atoms with E-state index in [1.165, 1.54) is 6.20 Å². The fourth-order valence-electron chi connectivity index (χ4n) is 2.63. The highest BCUT2D eigenvalue weighted by molar-refractivity contribution is 5.69. The molecule has 0 aliphatic heterocycles. The summed E-state index contributed by atoms with van der Waals surface area (Å²) >= 11 is 0. The van der Waals surface area contributed by atoms with Crippen LogP contribution in [-0.4, -0.2) is 20.1 Å². The maximum absolute atomic E-state index is 13.6. The molecule has 0 bridgehead atoms. The SMILES string of the molecule is Nc1ncccc1-c1cc(Cc2ccc(OCc3ccncc3F)nc2)no1. The van der Waals surface area contributed by atoms with E-state index >= 15 is 0 Å². The zero-order valence-corrected chi connectivity index (χ0v) is 14.7. The lowest BCUT2D eigenvalue weighted by Gasteiger charge is -2.06. The average Bonchev–Trinajstić information content (AvgIpc) is 3.17. The number of aromatic nitrogens is 4. The summed E-state index contributed by atoms with van der Waals surface area (Å²) in [6, 6.07) is 10.6. The number of hydrogen-bond acceptors (Lipinski definition) is 7. The molecule has 0 spiro atoms. The van der Waals surface area contributed by atoms with Crippen molar-refractivity contribution in [2.45, 2.75) is 13.0 Å².